The molecule has 0 aliphatic rings. The highest BCUT2D eigenvalue weighted by Crippen LogP contribution is 2.27. The molecule has 6 heteroatoms. The van der Waals surface area contributed by atoms with E-state index < -0.39 is 0 Å². The van der Waals surface area contributed by atoms with Gasteiger partial charge in [0, 0.05) is 12.6 Å². The largest absolute Gasteiger partial charge is 0.495 e. The Bertz CT molecular complexity index is 568. The number of methoxy groups -OCH3 is 1. The van der Waals surface area contributed by atoms with E-state index in [4.69, 9.17) is 4.74 Å². The Morgan fingerprint density at radius 3 is 2.90 bits per heavy atom. The fourth-order valence-electron chi connectivity index (χ4n) is 1.86. The van der Waals surface area contributed by atoms with Crippen LogP contribution >= 0.6 is 15.9 Å². The average molecular weight is 339 g/mol. The second-order valence-electron chi connectivity index (χ2n) is 4.98. The van der Waals surface area contributed by atoms with E-state index in [2.05, 4.69) is 45.4 Å². The van der Waals surface area contributed by atoms with Gasteiger partial charge >= 0.3 is 0 Å². The summed E-state index contributed by atoms with van der Waals surface area (Å²) in [4.78, 5) is 0. The maximum Gasteiger partial charge on any atom is 0.135 e. The number of nitrogens with one attached hydrogen (secondary N) is 1. The van der Waals surface area contributed by atoms with E-state index in [1.54, 1.807) is 13.3 Å². The first-order valence-electron chi connectivity index (χ1n) is 6.56. The molecule has 2 rings (SSSR count). The predicted molar refractivity (Wildman–Crippen MR) is 82.2 cm³/mol. The van der Waals surface area contributed by atoms with Gasteiger partial charge in [0.05, 0.1) is 29.2 Å². The van der Waals surface area contributed by atoms with E-state index in [0.29, 0.717) is 5.92 Å². The number of benzene rings is 1. The minimum absolute atomic E-state index is 0.618. The quantitative estimate of drug-likeness (QED) is 0.879. The van der Waals surface area contributed by atoms with Gasteiger partial charge in [-0.15, -0.1) is 5.10 Å². The highest BCUT2D eigenvalue weighted by atomic mass is 79.9. The Labute approximate surface area is 127 Å². The fraction of sp³-hybridized carbons (Fsp3) is 0.429. The summed E-state index contributed by atoms with van der Waals surface area (Å²) >= 11 is 3.45. The van der Waals surface area contributed by atoms with E-state index >= 15 is 0 Å². The smallest absolute Gasteiger partial charge is 0.135 e. The minimum Gasteiger partial charge on any atom is -0.495 e. The summed E-state index contributed by atoms with van der Waals surface area (Å²) in [7, 11) is 1.65. The summed E-state index contributed by atoms with van der Waals surface area (Å²) in [6, 6.07) is 5.86. The summed E-state index contributed by atoms with van der Waals surface area (Å²) in [6.07, 6.45) is 1.78. The van der Waals surface area contributed by atoms with Crippen LogP contribution in [-0.2, 0) is 6.54 Å². The molecule has 0 bridgehead atoms. The molecule has 2 aromatic rings. The standard InChI is InChI=1S/C14H19BrN4O/c1-10(2)7-16-8-12-9-17-18-19(12)11-4-5-13(15)14(6-11)20-3/h4-6,9-10,16H,7-8H2,1-3H3. The van der Waals surface area contributed by atoms with Gasteiger partial charge < -0.3 is 10.1 Å². The predicted octanol–water partition coefficient (Wildman–Crippen LogP) is 2.78. The second-order valence-corrected chi connectivity index (χ2v) is 5.84. The molecule has 0 radical (unpaired) electrons. The number of aromatic nitrogens is 3. The summed E-state index contributed by atoms with van der Waals surface area (Å²) < 4.78 is 8.05. The first kappa shape index (κ1) is 15.0. The van der Waals surface area contributed by atoms with Crippen LogP contribution in [0.3, 0.4) is 0 Å². The van der Waals surface area contributed by atoms with Crippen molar-refractivity contribution in [3.8, 4) is 11.4 Å². The maximum atomic E-state index is 5.31. The van der Waals surface area contributed by atoms with Gasteiger partial charge in [-0.3, -0.25) is 0 Å². The van der Waals surface area contributed by atoms with Crippen molar-refractivity contribution < 1.29 is 4.74 Å². The molecule has 108 valence electrons. The molecule has 1 heterocycles. The van der Waals surface area contributed by atoms with Crippen LogP contribution in [0.15, 0.2) is 28.9 Å². The van der Waals surface area contributed by atoms with Crippen molar-refractivity contribution >= 4 is 15.9 Å². The molecule has 0 spiro atoms. The summed E-state index contributed by atoms with van der Waals surface area (Å²) in [6.45, 7) is 6.07. The van der Waals surface area contributed by atoms with E-state index in [-0.39, 0.29) is 0 Å². The zero-order valence-electron chi connectivity index (χ0n) is 11.9. The van der Waals surface area contributed by atoms with Crippen LogP contribution in [0.4, 0.5) is 0 Å². The van der Waals surface area contributed by atoms with Crippen molar-refractivity contribution in [1.29, 1.82) is 0 Å². The molecule has 0 unspecified atom stereocenters. The number of halogens is 1. The molecule has 20 heavy (non-hydrogen) atoms. The molecule has 0 amide bonds. The monoisotopic (exact) mass is 338 g/mol. The number of hydrogen-bond donors (Lipinski definition) is 1. The normalized spacial score (nSPS) is 11.1. The lowest BCUT2D eigenvalue weighted by molar-refractivity contribution is 0.411. The molecule has 0 aliphatic carbocycles. The average Bonchev–Trinajstić information content (AvgIpc) is 2.87. The Balaban J connectivity index is 2.19. The van der Waals surface area contributed by atoms with Crippen LogP contribution < -0.4 is 10.1 Å². The zero-order valence-corrected chi connectivity index (χ0v) is 13.5. The van der Waals surface area contributed by atoms with Gasteiger partial charge in [-0.1, -0.05) is 19.1 Å². The summed E-state index contributed by atoms with van der Waals surface area (Å²) in [5.41, 5.74) is 1.96. The third-order valence-corrected chi connectivity index (χ3v) is 3.51. The van der Waals surface area contributed by atoms with Gasteiger partial charge in [-0.05, 0) is 40.5 Å². The van der Waals surface area contributed by atoms with Gasteiger partial charge in [0.1, 0.15) is 5.75 Å². The Hall–Kier alpha value is -1.40. The first-order chi connectivity index (χ1) is 9.61. The highest BCUT2D eigenvalue weighted by molar-refractivity contribution is 9.10. The van der Waals surface area contributed by atoms with Crippen molar-refractivity contribution in [3.05, 3.63) is 34.6 Å². The van der Waals surface area contributed by atoms with Crippen molar-refractivity contribution in [1.82, 2.24) is 20.3 Å². The van der Waals surface area contributed by atoms with Crippen molar-refractivity contribution in [2.75, 3.05) is 13.7 Å². The number of rotatable bonds is 6. The van der Waals surface area contributed by atoms with Gasteiger partial charge in [0.2, 0.25) is 0 Å². The molecule has 1 aromatic carbocycles. The molecule has 1 aromatic heterocycles. The Kier molecular flexibility index (Phi) is 5.14. The lowest BCUT2D eigenvalue weighted by Gasteiger charge is -2.10. The number of nitrogens with zero attached hydrogens (tertiary/aromatic N) is 3. The fourth-order valence-corrected chi connectivity index (χ4v) is 2.27. The van der Waals surface area contributed by atoms with Crippen LogP contribution in [0.2, 0.25) is 0 Å². The van der Waals surface area contributed by atoms with Gasteiger partial charge in [-0.2, -0.15) is 0 Å². The van der Waals surface area contributed by atoms with Crippen molar-refractivity contribution in [2.24, 2.45) is 5.92 Å². The summed E-state index contributed by atoms with van der Waals surface area (Å²) in [5, 5.41) is 11.5. The maximum absolute atomic E-state index is 5.31. The molecule has 0 saturated heterocycles. The number of ether oxygens (including phenoxy) is 1. The third kappa shape index (κ3) is 3.58. The molecule has 0 saturated carbocycles. The molecule has 0 fully saturated rings. The SMILES string of the molecule is COc1cc(-n2nncc2CNCC(C)C)ccc1Br. The molecular formula is C14H19BrN4O. The lowest BCUT2D eigenvalue weighted by atomic mass is 10.2. The molecule has 5 nitrogen and oxygen atoms in total. The van der Waals surface area contributed by atoms with Crippen molar-refractivity contribution in [2.45, 2.75) is 20.4 Å². The van der Waals surface area contributed by atoms with Crippen LogP contribution in [0, 0.1) is 5.92 Å². The van der Waals surface area contributed by atoms with Crippen LogP contribution in [0.25, 0.3) is 5.69 Å². The highest BCUT2D eigenvalue weighted by Gasteiger charge is 2.09. The molecule has 0 aliphatic heterocycles. The molecular weight excluding hydrogens is 320 g/mol. The van der Waals surface area contributed by atoms with Gasteiger partial charge in [-0.25, -0.2) is 4.68 Å². The summed E-state index contributed by atoms with van der Waals surface area (Å²) in [5.74, 6) is 1.39. The third-order valence-electron chi connectivity index (χ3n) is 2.86. The Morgan fingerprint density at radius 2 is 2.20 bits per heavy atom. The van der Waals surface area contributed by atoms with Crippen LogP contribution in [-0.4, -0.2) is 28.6 Å². The van der Waals surface area contributed by atoms with Crippen LogP contribution in [0.5, 0.6) is 5.75 Å². The minimum atomic E-state index is 0.618. The van der Waals surface area contributed by atoms with E-state index in [9.17, 15) is 0 Å². The topological polar surface area (TPSA) is 52.0 Å². The van der Waals surface area contributed by atoms with E-state index in [0.717, 1.165) is 34.7 Å². The number of hydrogen-bond acceptors (Lipinski definition) is 4. The zero-order chi connectivity index (χ0) is 14.5. The lowest BCUT2D eigenvalue weighted by Crippen LogP contribution is -2.20. The van der Waals surface area contributed by atoms with Crippen molar-refractivity contribution in [3.63, 3.8) is 0 Å². The van der Waals surface area contributed by atoms with E-state index in [1.807, 2.05) is 22.9 Å². The first-order valence-corrected chi connectivity index (χ1v) is 7.35. The van der Waals surface area contributed by atoms with E-state index in [1.165, 1.54) is 0 Å². The van der Waals surface area contributed by atoms with Gasteiger partial charge in [0.25, 0.3) is 0 Å². The second kappa shape index (κ2) is 6.85. The molecule has 0 atom stereocenters. The van der Waals surface area contributed by atoms with Gasteiger partial charge in [0.15, 0.2) is 0 Å². The molecule has 1 N–H and O–H groups in total. The Morgan fingerprint density at radius 1 is 1.40 bits per heavy atom. The van der Waals surface area contributed by atoms with Crippen LogP contribution in [0.1, 0.15) is 19.5 Å².